The number of hydrogen-bond acceptors (Lipinski definition) is 6. The van der Waals surface area contributed by atoms with E-state index in [4.69, 9.17) is 9.84 Å². The van der Waals surface area contributed by atoms with E-state index in [1.165, 1.54) is 32.8 Å². The maximum atomic E-state index is 13.3. The number of aliphatic carboxylic acids is 1. The molecule has 10 heteroatoms. The largest absolute Gasteiger partial charge is 0.480 e. The zero-order valence-electron chi connectivity index (χ0n) is 21.8. The number of benzene rings is 1. The van der Waals surface area contributed by atoms with E-state index in [9.17, 15) is 24.0 Å². The Kier molecular flexibility index (Phi) is 11.8. The third-order valence-electron chi connectivity index (χ3n) is 5.85. The fourth-order valence-electron chi connectivity index (χ4n) is 3.44. The minimum Gasteiger partial charge on any atom is -0.480 e. The molecule has 1 rings (SSSR count). The first kappa shape index (κ1) is 30.3. The molecule has 0 radical (unpaired) electrons. The minimum atomic E-state index is -1.18. The van der Waals surface area contributed by atoms with Gasteiger partial charge in [-0.05, 0) is 25.8 Å². The summed E-state index contributed by atoms with van der Waals surface area (Å²) in [6, 6.07) is 6.95. The van der Waals surface area contributed by atoms with E-state index in [1.54, 1.807) is 31.2 Å². The second-order valence-electron chi connectivity index (χ2n) is 8.96. The smallest absolute Gasteiger partial charge is 0.333 e. The van der Waals surface area contributed by atoms with E-state index in [0.717, 1.165) is 10.5 Å². The van der Waals surface area contributed by atoms with Gasteiger partial charge >= 0.3 is 11.9 Å². The standard InChI is InChI=1S/C26H37N3O7/c1-8-17(4)22(36-26(35)16(2)3)23(32)27-18(5)24(33)29(7)20(14-19-12-10-9-11-13-19)25(34)28(6)15-21(30)31/h9-13,17-18,20,22H,2,8,14-15H2,1,3-7H3,(H,27,32)(H,30,31)/t17-,18-,20+,22+/m0/s1. The topological polar surface area (TPSA) is 133 Å². The van der Waals surface area contributed by atoms with Crippen LogP contribution in [0.5, 0.6) is 0 Å². The summed E-state index contributed by atoms with van der Waals surface area (Å²) in [6.45, 7) is 9.54. The Morgan fingerprint density at radius 1 is 1.06 bits per heavy atom. The Hall–Kier alpha value is -3.69. The molecule has 36 heavy (non-hydrogen) atoms. The van der Waals surface area contributed by atoms with Gasteiger partial charge in [-0.25, -0.2) is 4.79 Å². The number of likely N-dealkylation sites (N-methyl/N-ethyl adjacent to an activating group) is 2. The first-order chi connectivity index (χ1) is 16.8. The van der Waals surface area contributed by atoms with Crippen molar-refractivity contribution < 1.29 is 33.8 Å². The molecular formula is C26H37N3O7. The summed E-state index contributed by atoms with van der Waals surface area (Å²) < 4.78 is 5.31. The van der Waals surface area contributed by atoms with E-state index in [2.05, 4.69) is 11.9 Å². The van der Waals surface area contributed by atoms with Crippen molar-refractivity contribution in [3.05, 3.63) is 48.0 Å². The average molecular weight is 504 g/mol. The lowest BCUT2D eigenvalue weighted by Gasteiger charge is -2.32. The summed E-state index contributed by atoms with van der Waals surface area (Å²) in [6.07, 6.45) is -0.422. The molecule has 0 spiro atoms. The first-order valence-electron chi connectivity index (χ1n) is 11.7. The summed E-state index contributed by atoms with van der Waals surface area (Å²) in [5.41, 5.74) is 0.923. The van der Waals surface area contributed by atoms with Gasteiger partial charge in [0, 0.05) is 32.0 Å². The quantitative estimate of drug-likeness (QED) is 0.309. The van der Waals surface area contributed by atoms with Gasteiger partial charge in [0.05, 0.1) is 0 Å². The first-order valence-corrected chi connectivity index (χ1v) is 11.7. The van der Waals surface area contributed by atoms with Crippen LogP contribution in [0.15, 0.2) is 42.5 Å². The highest BCUT2D eigenvalue weighted by Crippen LogP contribution is 2.15. The van der Waals surface area contributed by atoms with Gasteiger partial charge in [-0.2, -0.15) is 0 Å². The van der Waals surface area contributed by atoms with Crippen LogP contribution in [-0.4, -0.2) is 83.4 Å². The molecule has 0 heterocycles. The normalized spacial score (nSPS) is 13.9. The van der Waals surface area contributed by atoms with E-state index in [-0.39, 0.29) is 17.9 Å². The van der Waals surface area contributed by atoms with Crippen LogP contribution in [0.1, 0.15) is 39.7 Å². The third-order valence-corrected chi connectivity index (χ3v) is 5.85. The second-order valence-corrected chi connectivity index (χ2v) is 8.96. The summed E-state index contributed by atoms with van der Waals surface area (Å²) in [7, 11) is 2.78. The number of nitrogens with one attached hydrogen (secondary N) is 1. The van der Waals surface area contributed by atoms with E-state index < -0.39 is 54.4 Å². The van der Waals surface area contributed by atoms with Crippen LogP contribution in [0, 0.1) is 5.92 Å². The molecule has 10 nitrogen and oxygen atoms in total. The fraction of sp³-hybridized carbons (Fsp3) is 0.500. The molecule has 198 valence electrons. The summed E-state index contributed by atoms with van der Waals surface area (Å²) in [5, 5.41) is 11.7. The molecule has 0 saturated carbocycles. The number of amides is 3. The molecule has 0 saturated heterocycles. The van der Waals surface area contributed by atoms with Crippen LogP contribution >= 0.6 is 0 Å². The lowest BCUT2D eigenvalue weighted by atomic mass is 10.0. The van der Waals surface area contributed by atoms with Crippen LogP contribution in [0.3, 0.4) is 0 Å². The molecular weight excluding hydrogens is 466 g/mol. The summed E-state index contributed by atoms with van der Waals surface area (Å²) >= 11 is 0. The highest BCUT2D eigenvalue weighted by Gasteiger charge is 2.35. The van der Waals surface area contributed by atoms with E-state index >= 15 is 0 Å². The van der Waals surface area contributed by atoms with Gasteiger partial charge in [-0.3, -0.25) is 19.2 Å². The van der Waals surface area contributed by atoms with Crippen molar-refractivity contribution in [2.75, 3.05) is 20.6 Å². The number of hydrogen-bond donors (Lipinski definition) is 2. The molecule has 3 amide bonds. The van der Waals surface area contributed by atoms with Crippen molar-refractivity contribution in [2.24, 2.45) is 5.92 Å². The lowest BCUT2D eigenvalue weighted by Crippen LogP contribution is -2.56. The molecule has 1 aromatic carbocycles. The van der Waals surface area contributed by atoms with Gasteiger partial charge < -0.3 is 25.0 Å². The molecule has 2 N–H and O–H groups in total. The van der Waals surface area contributed by atoms with E-state index in [1.807, 2.05) is 13.0 Å². The monoisotopic (exact) mass is 503 g/mol. The Bertz CT molecular complexity index is 964. The van der Waals surface area contributed by atoms with Crippen LogP contribution < -0.4 is 5.32 Å². The number of carbonyl (C=O) groups is 5. The van der Waals surface area contributed by atoms with Crippen LogP contribution in [0.4, 0.5) is 0 Å². The van der Waals surface area contributed by atoms with Crippen LogP contribution in [-0.2, 0) is 35.1 Å². The predicted octanol–water partition coefficient (Wildman–Crippen LogP) is 1.64. The second kappa shape index (κ2) is 14.0. The summed E-state index contributed by atoms with van der Waals surface area (Å²) in [4.78, 5) is 64.7. The maximum Gasteiger partial charge on any atom is 0.333 e. The van der Waals surface area contributed by atoms with Gasteiger partial charge in [0.2, 0.25) is 11.8 Å². The van der Waals surface area contributed by atoms with E-state index in [0.29, 0.717) is 6.42 Å². The molecule has 0 aliphatic rings. The van der Waals surface area contributed by atoms with Crippen molar-refractivity contribution in [1.82, 2.24) is 15.1 Å². The molecule has 0 unspecified atom stereocenters. The SMILES string of the molecule is C=C(C)C(=O)O[C@@H](C(=O)N[C@@H](C)C(=O)N(C)[C@H](Cc1ccccc1)C(=O)N(C)CC(=O)O)[C@@H](C)CC. The Labute approximate surface area is 212 Å². The van der Waals surface area contributed by atoms with Crippen LogP contribution in [0.2, 0.25) is 0 Å². The number of ether oxygens (including phenoxy) is 1. The number of carboxylic acids is 1. The van der Waals surface area contributed by atoms with Gasteiger partial charge in [0.1, 0.15) is 18.6 Å². The van der Waals surface area contributed by atoms with Gasteiger partial charge in [0.25, 0.3) is 5.91 Å². The number of rotatable bonds is 13. The van der Waals surface area contributed by atoms with Crippen molar-refractivity contribution >= 4 is 29.7 Å². The van der Waals surface area contributed by atoms with Gasteiger partial charge in [-0.15, -0.1) is 0 Å². The molecule has 4 atom stereocenters. The average Bonchev–Trinajstić information content (AvgIpc) is 2.83. The molecule has 0 fully saturated rings. The Morgan fingerprint density at radius 3 is 2.14 bits per heavy atom. The zero-order valence-corrected chi connectivity index (χ0v) is 21.8. The molecule has 1 aromatic rings. The minimum absolute atomic E-state index is 0.146. The highest BCUT2D eigenvalue weighted by atomic mass is 16.5. The molecule has 0 aliphatic carbocycles. The van der Waals surface area contributed by atoms with Crippen molar-refractivity contribution in [1.29, 1.82) is 0 Å². The number of carboxylic acid groups (broad SMARTS) is 1. The number of carbonyl (C=O) groups excluding carboxylic acids is 4. The van der Waals surface area contributed by atoms with Crippen molar-refractivity contribution in [3.63, 3.8) is 0 Å². The number of esters is 1. The Morgan fingerprint density at radius 2 is 1.64 bits per heavy atom. The summed E-state index contributed by atoms with van der Waals surface area (Å²) in [5.74, 6) is -3.95. The van der Waals surface area contributed by atoms with Crippen molar-refractivity contribution in [2.45, 2.75) is 58.7 Å². The van der Waals surface area contributed by atoms with Crippen molar-refractivity contribution in [3.8, 4) is 0 Å². The zero-order chi connectivity index (χ0) is 27.6. The third kappa shape index (κ3) is 8.83. The van der Waals surface area contributed by atoms with Gasteiger partial charge in [-0.1, -0.05) is 50.8 Å². The van der Waals surface area contributed by atoms with Crippen LogP contribution in [0.25, 0.3) is 0 Å². The number of nitrogens with zero attached hydrogens (tertiary/aromatic N) is 2. The molecule has 0 aliphatic heterocycles. The maximum absolute atomic E-state index is 13.3. The van der Waals surface area contributed by atoms with Gasteiger partial charge in [0.15, 0.2) is 6.10 Å². The molecule has 0 bridgehead atoms. The Balaban J connectivity index is 3.10. The lowest BCUT2D eigenvalue weighted by molar-refractivity contribution is -0.156. The molecule has 0 aromatic heterocycles. The highest BCUT2D eigenvalue weighted by molar-refractivity contribution is 5.94. The fourth-order valence-corrected chi connectivity index (χ4v) is 3.44. The predicted molar refractivity (Wildman–Crippen MR) is 134 cm³/mol.